The molecule has 8 heteroatoms. The van der Waals surface area contributed by atoms with Gasteiger partial charge in [-0.25, -0.2) is 4.98 Å². The van der Waals surface area contributed by atoms with E-state index in [2.05, 4.69) is 10.3 Å². The zero-order chi connectivity index (χ0) is 21.1. The lowest BCUT2D eigenvalue weighted by molar-refractivity contribution is -0.113. The fourth-order valence-corrected chi connectivity index (χ4v) is 4.45. The van der Waals surface area contributed by atoms with E-state index in [9.17, 15) is 9.59 Å². The predicted molar refractivity (Wildman–Crippen MR) is 121 cm³/mol. The van der Waals surface area contributed by atoms with Crippen molar-refractivity contribution in [1.29, 1.82) is 0 Å². The van der Waals surface area contributed by atoms with E-state index in [0.29, 0.717) is 39.9 Å². The third-order valence-corrected chi connectivity index (χ3v) is 6.50. The Kier molecular flexibility index (Phi) is 6.41. The van der Waals surface area contributed by atoms with Crippen molar-refractivity contribution in [3.8, 4) is 0 Å². The van der Waals surface area contributed by atoms with Crippen LogP contribution in [0, 0.1) is 6.92 Å². The van der Waals surface area contributed by atoms with Crippen LogP contribution in [0.3, 0.4) is 0 Å². The quantitative estimate of drug-likeness (QED) is 0.455. The zero-order valence-corrected chi connectivity index (χ0v) is 18.1. The molecule has 2 aromatic carbocycles. The van der Waals surface area contributed by atoms with Crippen molar-refractivity contribution in [2.75, 3.05) is 17.7 Å². The number of carbonyl (C=O) groups excluding carboxylic acids is 1. The highest BCUT2D eigenvalue weighted by molar-refractivity contribution is 7.99. The van der Waals surface area contributed by atoms with E-state index in [-0.39, 0.29) is 23.3 Å². The number of anilines is 1. The second-order valence-electron chi connectivity index (χ2n) is 7.21. The number of carbonyl (C=O) groups is 1. The summed E-state index contributed by atoms with van der Waals surface area (Å²) in [5, 5.41) is 4.57. The van der Waals surface area contributed by atoms with Gasteiger partial charge in [0.2, 0.25) is 5.91 Å². The molecule has 1 aliphatic heterocycles. The number of aromatic nitrogens is 2. The van der Waals surface area contributed by atoms with Gasteiger partial charge in [0, 0.05) is 17.3 Å². The molecule has 0 spiro atoms. The Morgan fingerprint density at radius 2 is 2.13 bits per heavy atom. The topological polar surface area (TPSA) is 73.2 Å². The molecule has 1 aliphatic rings. The minimum Gasteiger partial charge on any atom is -0.376 e. The minimum atomic E-state index is -0.184. The van der Waals surface area contributed by atoms with E-state index in [1.54, 1.807) is 22.8 Å². The molecule has 1 amide bonds. The van der Waals surface area contributed by atoms with Crippen LogP contribution in [0.4, 0.5) is 5.69 Å². The van der Waals surface area contributed by atoms with Crippen molar-refractivity contribution in [1.82, 2.24) is 9.55 Å². The Hall–Kier alpha value is -2.35. The molecule has 2 heterocycles. The lowest BCUT2D eigenvalue weighted by atomic mass is 10.2. The summed E-state index contributed by atoms with van der Waals surface area (Å²) < 4.78 is 7.36. The second kappa shape index (κ2) is 9.20. The fraction of sp³-hybridized carbons (Fsp3) is 0.318. The van der Waals surface area contributed by atoms with Gasteiger partial charge in [0.25, 0.3) is 5.56 Å². The Morgan fingerprint density at radius 3 is 2.93 bits per heavy atom. The lowest BCUT2D eigenvalue weighted by Crippen LogP contribution is -2.29. The minimum absolute atomic E-state index is 0.00653. The van der Waals surface area contributed by atoms with Crippen LogP contribution in [0.1, 0.15) is 18.4 Å². The number of hydrogen-bond acceptors (Lipinski definition) is 5. The van der Waals surface area contributed by atoms with Gasteiger partial charge in [-0.2, -0.15) is 0 Å². The van der Waals surface area contributed by atoms with Gasteiger partial charge in [0.1, 0.15) is 0 Å². The van der Waals surface area contributed by atoms with E-state index < -0.39 is 0 Å². The van der Waals surface area contributed by atoms with Crippen LogP contribution in [0.25, 0.3) is 10.9 Å². The maximum absolute atomic E-state index is 13.1. The molecule has 0 radical (unpaired) electrons. The van der Waals surface area contributed by atoms with Crippen molar-refractivity contribution in [3.63, 3.8) is 0 Å². The summed E-state index contributed by atoms with van der Waals surface area (Å²) in [6, 6.07) is 12.7. The van der Waals surface area contributed by atoms with Gasteiger partial charge in [-0.05, 0) is 49.6 Å². The monoisotopic (exact) mass is 443 g/mol. The van der Waals surface area contributed by atoms with Crippen molar-refractivity contribution >= 4 is 45.9 Å². The van der Waals surface area contributed by atoms with Crippen LogP contribution in [-0.4, -0.2) is 33.9 Å². The number of nitrogens with zero attached hydrogens (tertiary/aromatic N) is 2. The second-order valence-corrected chi connectivity index (χ2v) is 8.56. The first-order valence-corrected chi connectivity index (χ1v) is 11.2. The number of rotatable bonds is 6. The van der Waals surface area contributed by atoms with Crippen LogP contribution in [-0.2, 0) is 16.1 Å². The lowest BCUT2D eigenvalue weighted by Gasteiger charge is -2.16. The first-order chi connectivity index (χ1) is 14.5. The van der Waals surface area contributed by atoms with Crippen molar-refractivity contribution in [2.45, 2.75) is 37.6 Å². The maximum Gasteiger partial charge on any atom is 0.262 e. The number of ether oxygens (including phenoxy) is 1. The molecule has 1 atom stereocenters. The molecule has 1 aromatic heterocycles. The molecule has 1 N–H and O–H groups in total. The summed E-state index contributed by atoms with van der Waals surface area (Å²) in [5.41, 5.74) is 2.01. The summed E-state index contributed by atoms with van der Waals surface area (Å²) in [6.07, 6.45) is 1.90. The van der Waals surface area contributed by atoms with E-state index in [1.165, 1.54) is 11.8 Å². The molecule has 3 aromatic rings. The molecule has 0 bridgehead atoms. The zero-order valence-electron chi connectivity index (χ0n) is 16.6. The molecule has 0 saturated carbocycles. The van der Waals surface area contributed by atoms with E-state index >= 15 is 0 Å². The van der Waals surface area contributed by atoms with Gasteiger partial charge in [0.15, 0.2) is 5.16 Å². The number of nitrogens with one attached hydrogen (secondary N) is 1. The van der Waals surface area contributed by atoms with Gasteiger partial charge >= 0.3 is 0 Å². The van der Waals surface area contributed by atoms with E-state index in [0.717, 1.165) is 18.4 Å². The van der Waals surface area contributed by atoms with Crippen LogP contribution >= 0.6 is 23.4 Å². The number of para-hydroxylation sites is 1. The molecule has 1 saturated heterocycles. The smallest absolute Gasteiger partial charge is 0.262 e. The summed E-state index contributed by atoms with van der Waals surface area (Å²) in [7, 11) is 0. The van der Waals surface area contributed by atoms with Crippen LogP contribution in [0.15, 0.2) is 52.4 Å². The standard InChI is InChI=1S/C22H22ClN3O3S/c1-14-17(23)8-4-10-18(14)24-20(27)13-30-22-25-19-9-3-2-7-16(19)21(28)26(22)12-15-6-5-11-29-15/h2-4,7-10,15H,5-6,11-13H2,1H3,(H,24,27)/t15-/m1/s1. The van der Waals surface area contributed by atoms with Gasteiger partial charge in [-0.1, -0.05) is 41.6 Å². The molecular weight excluding hydrogens is 422 g/mol. The summed E-state index contributed by atoms with van der Waals surface area (Å²) in [4.78, 5) is 30.3. The Balaban J connectivity index is 1.57. The SMILES string of the molecule is Cc1c(Cl)cccc1NC(=O)CSc1nc2ccccc2c(=O)n1C[C@H]1CCCO1. The highest BCUT2D eigenvalue weighted by Crippen LogP contribution is 2.24. The molecule has 30 heavy (non-hydrogen) atoms. The van der Waals surface area contributed by atoms with Crippen LogP contribution in [0.2, 0.25) is 5.02 Å². The number of thioether (sulfide) groups is 1. The molecule has 0 unspecified atom stereocenters. The van der Waals surface area contributed by atoms with Crippen molar-refractivity contribution in [2.24, 2.45) is 0 Å². The largest absolute Gasteiger partial charge is 0.376 e. The number of benzene rings is 2. The Labute approximate surface area is 183 Å². The molecule has 0 aliphatic carbocycles. The Bertz CT molecular complexity index is 1140. The maximum atomic E-state index is 13.1. The molecule has 4 rings (SSSR count). The third kappa shape index (κ3) is 4.53. The average molecular weight is 444 g/mol. The number of fused-ring (bicyclic) bond motifs is 1. The molecule has 1 fully saturated rings. The van der Waals surface area contributed by atoms with Gasteiger partial charge in [0.05, 0.1) is 29.3 Å². The third-order valence-electron chi connectivity index (χ3n) is 5.11. The van der Waals surface area contributed by atoms with Crippen LogP contribution in [0.5, 0.6) is 0 Å². The predicted octanol–water partition coefficient (Wildman–Crippen LogP) is 4.27. The van der Waals surface area contributed by atoms with Gasteiger partial charge in [-0.15, -0.1) is 0 Å². The fourth-order valence-electron chi connectivity index (χ4n) is 3.47. The number of hydrogen-bond donors (Lipinski definition) is 1. The van der Waals surface area contributed by atoms with E-state index in [1.807, 2.05) is 31.2 Å². The molecule has 6 nitrogen and oxygen atoms in total. The average Bonchev–Trinajstić information content (AvgIpc) is 3.25. The Morgan fingerprint density at radius 1 is 1.30 bits per heavy atom. The first-order valence-electron chi connectivity index (χ1n) is 9.82. The summed E-state index contributed by atoms with van der Waals surface area (Å²) in [5.74, 6) is -0.0566. The van der Waals surface area contributed by atoms with Gasteiger partial charge < -0.3 is 10.1 Å². The number of halogens is 1. The van der Waals surface area contributed by atoms with Crippen LogP contribution < -0.4 is 10.9 Å². The first kappa shape index (κ1) is 20.9. The summed E-state index contributed by atoms with van der Waals surface area (Å²) in [6.45, 7) is 3.01. The van der Waals surface area contributed by atoms with Crippen molar-refractivity contribution in [3.05, 3.63) is 63.4 Å². The summed E-state index contributed by atoms with van der Waals surface area (Å²) >= 11 is 7.38. The van der Waals surface area contributed by atoms with Gasteiger partial charge in [-0.3, -0.25) is 14.2 Å². The highest BCUT2D eigenvalue weighted by atomic mass is 35.5. The van der Waals surface area contributed by atoms with Crippen molar-refractivity contribution < 1.29 is 9.53 Å². The normalized spacial score (nSPS) is 16.1. The number of amides is 1. The molecule has 156 valence electrons. The highest BCUT2D eigenvalue weighted by Gasteiger charge is 2.20. The van der Waals surface area contributed by atoms with E-state index in [4.69, 9.17) is 16.3 Å². The molecular formula is C22H22ClN3O3S.